The Morgan fingerprint density at radius 2 is 2.03 bits per heavy atom. The third-order valence-corrected chi connectivity index (χ3v) is 5.60. The van der Waals surface area contributed by atoms with Gasteiger partial charge in [0.15, 0.2) is 5.58 Å². The molecule has 0 unspecified atom stereocenters. The number of benzene rings is 1. The first-order valence-corrected chi connectivity index (χ1v) is 10.5. The van der Waals surface area contributed by atoms with E-state index in [4.69, 9.17) is 9.26 Å². The summed E-state index contributed by atoms with van der Waals surface area (Å²) in [5.74, 6) is 1.61. The Morgan fingerprint density at radius 1 is 1.17 bits per heavy atom. The van der Waals surface area contributed by atoms with E-state index in [0.717, 1.165) is 65.6 Å². The van der Waals surface area contributed by atoms with E-state index in [1.54, 1.807) is 6.20 Å². The van der Waals surface area contributed by atoms with Crippen molar-refractivity contribution in [1.29, 1.82) is 0 Å². The number of piperidine rings is 1. The van der Waals surface area contributed by atoms with Gasteiger partial charge in [-0.05, 0) is 83.1 Å². The van der Waals surface area contributed by atoms with Crippen molar-refractivity contribution in [2.45, 2.75) is 38.8 Å². The summed E-state index contributed by atoms with van der Waals surface area (Å²) in [7, 11) is 4.10. The van der Waals surface area contributed by atoms with E-state index in [2.05, 4.69) is 46.6 Å². The summed E-state index contributed by atoms with van der Waals surface area (Å²) in [6, 6.07) is 10.00. The molecule has 1 aliphatic rings. The topological polar surface area (TPSA) is 63.4 Å². The maximum Gasteiger partial charge on any atom is 0.175 e. The molecule has 3 heterocycles. The molecule has 0 bridgehead atoms. The minimum Gasteiger partial charge on any atom is -0.487 e. The molecule has 0 radical (unpaired) electrons. The summed E-state index contributed by atoms with van der Waals surface area (Å²) in [4.78, 5) is 6.47. The fraction of sp³-hybridized carbons (Fsp3) is 0.478. The van der Waals surface area contributed by atoms with Crippen molar-refractivity contribution in [3.63, 3.8) is 0 Å². The van der Waals surface area contributed by atoms with Crippen LogP contribution in [0.3, 0.4) is 0 Å². The molecular weight excluding hydrogens is 364 g/mol. The van der Waals surface area contributed by atoms with Gasteiger partial charge in [-0.25, -0.2) is 0 Å². The van der Waals surface area contributed by atoms with Crippen molar-refractivity contribution < 1.29 is 9.26 Å². The Hall–Kier alpha value is -2.44. The normalized spacial score (nSPS) is 15.3. The van der Waals surface area contributed by atoms with Crippen LogP contribution in [0.1, 0.15) is 36.2 Å². The zero-order valence-electron chi connectivity index (χ0n) is 17.4. The standard InChI is InChI=1S/C23H30N4O2/c1-27(2)15-20-22(28-16-18-5-3-4-12-25-18)9-7-19-21(26-29-23(19)20)8-6-17-10-13-24-14-11-17/h3-5,7,9,12,17,24H,6,8,10-11,13-16H2,1-2H3. The van der Waals surface area contributed by atoms with Gasteiger partial charge in [-0.1, -0.05) is 11.2 Å². The maximum atomic E-state index is 6.11. The number of nitrogens with one attached hydrogen (secondary N) is 1. The molecule has 1 fully saturated rings. The molecule has 6 nitrogen and oxygen atoms in total. The third-order valence-electron chi connectivity index (χ3n) is 5.60. The minimum atomic E-state index is 0.434. The molecule has 0 atom stereocenters. The second-order valence-corrected chi connectivity index (χ2v) is 8.13. The van der Waals surface area contributed by atoms with Gasteiger partial charge in [0, 0.05) is 18.1 Å². The molecule has 3 aromatic rings. The monoisotopic (exact) mass is 394 g/mol. The van der Waals surface area contributed by atoms with E-state index in [9.17, 15) is 0 Å². The second-order valence-electron chi connectivity index (χ2n) is 8.13. The number of aryl methyl sites for hydroxylation is 1. The van der Waals surface area contributed by atoms with Crippen LogP contribution in [0.5, 0.6) is 5.75 Å². The molecule has 1 N–H and O–H groups in total. The molecule has 0 saturated carbocycles. The van der Waals surface area contributed by atoms with Crippen LogP contribution in [-0.4, -0.2) is 42.2 Å². The van der Waals surface area contributed by atoms with Gasteiger partial charge < -0.3 is 19.5 Å². The molecule has 6 heteroatoms. The molecule has 1 saturated heterocycles. The number of fused-ring (bicyclic) bond motifs is 1. The predicted molar refractivity (Wildman–Crippen MR) is 114 cm³/mol. The summed E-state index contributed by atoms with van der Waals surface area (Å²) < 4.78 is 11.9. The Morgan fingerprint density at radius 3 is 2.79 bits per heavy atom. The SMILES string of the molecule is CN(C)Cc1c(OCc2ccccn2)ccc2c(CCC3CCNCC3)noc12. The fourth-order valence-corrected chi connectivity index (χ4v) is 4.02. The van der Waals surface area contributed by atoms with E-state index in [1.165, 1.54) is 19.3 Å². The summed E-state index contributed by atoms with van der Waals surface area (Å²) in [6.07, 6.45) is 6.44. The average Bonchev–Trinajstić information content (AvgIpc) is 3.16. The first kappa shape index (κ1) is 19.9. The summed E-state index contributed by atoms with van der Waals surface area (Å²) >= 11 is 0. The highest BCUT2D eigenvalue weighted by molar-refractivity contribution is 5.84. The van der Waals surface area contributed by atoms with Gasteiger partial charge in [0.1, 0.15) is 12.4 Å². The van der Waals surface area contributed by atoms with Crippen LogP contribution >= 0.6 is 0 Å². The number of rotatable bonds is 8. The van der Waals surface area contributed by atoms with Gasteiger partial charge in [-0.3, -0.25) is 4.98 Å². The average molecular weight is 395 g/mol. The lowest BCUT2D eigenvalue weighted by Crippen LogP contribution is -2.27. The van der Waals surface area contributed by atoms with Crippen molar-refractivity contribution in [3.05, 3.63) is 53.5 Å². The molecule has 154 valence electrons. The van der Waals surface area contributed by atoms with E-state index in [0.29, 0.717) is 6.61 Å². The first-order valence-electron chi connectivity index (χ1n) is 10.5. The highest BCUT2D eigenvalue weighted by Crippen LogP contribution is 2.32. The molecule has 1 aliphatic heterocycles. The van der Waals surface area contributed by atoms with Gasteiger partial charge in [-0.2, -0.15) is 0 Å². The number of pyridine rings is 1. The zero-order valence-corrected chi connectivity index (χ0v) is 17.4. The molecule has 0 spiro atoms. The van der Waals surface area contributed by atoms with E-state index >= 15 is 0 Å². The van der Waals surface area contributed by atoms with Crippen LogP contribution in [0.2, 0.25) is 0 Å². The van der Waals surface area contributed by atoms with Crippen LogP contribution in [0.25, 0.3) is 11.0 Å². The Labute approximate surface area is 172 Å². The molecule has 0 amide bonds. The molecule has 1 aromatic carbocycles. The van der Waals surface area contributed by atoms with Crippen LogP contribution < -0.4 is 10.1 Å². The van der Waals surface area contributed by atoms with Crippen LogP contribution in [0.15, 0.2) is 41.1 Å². The van der Waals surface area contributed by atoms with Crippen molar-refractivity contribution in [1.82, 2.24) is 20.4 Å². The van der Waals surface area contributed by atoms with Gasteiger partial charge in [0.25, 0.3) is 0 Å². The highest BCUT2D eigenvalue weighted by Gasteiger charge is 2.19. The van der Waals surface area contributed by atoms with Crippen LogP contribution in [-0.2, 0) is 19.6 Å². The molecule has 2 aromatic heterocycles. The van der Waals surface area contributed by atoms with E-state index < -0.39 is 0 Å². The number of hydrogen-bond donors (Lipinski definition) is 1. The van der Waals surface area contributed by atoms with E-state index in [-0.39, 0.29) is 0 Å². The van der Waals surface area contributed by atoms with Crippen molar-refractivity contribution in [2.24, 2.45) is 5.92 Å². The number of aromatic nitrogens is 2. The van der Waals surface area contributed by atoms with E-state index in [1.807, 2.05) is 18.2 Å². The highest BCUT2D eigenvalue weighted by atomic mass is 16.5. The Kier molecular flexibility index (Phi) is 6.42. The zero-order chi connectivity index (χ0) is 20.1. The van der Waals surface area contributed by atoms with Crippen molar-refractivity contribution in [2.75, 3.05) is 27.2 Å². The Bertz CT molecular complexity index is 917. The van der Waals surface area contributed by atoms with Crippen molar-refractivity contribution >= 4 is 11.0 Å². The largest absolute Gasteiger partial charge is 0.487 e. The smallest absolute Gasteiger partial charge is 0.175 e. The number of nitrogens with zero attached hydrogens (tertiary/aromatic N) is 3. The Balaban J connectivity index is 1.54. The van der Waals surface area contributed by atoms with Crippen LogP contribution in [0.4, 0.5) is 0 Å². The van der Waals surface area contributed by atoms with Gasteiger partial charge in [-0.15, -0.1) is 0 Å². The molecular formula is C23H30N4O2. The quantitative estimate of drug-likeness (QED) is 0.627. The maximum absolute atomic E-state index is 6.11. The number of ether oxygens (including phenoxy) is 1. The molecule has 4 rings (SSSR count). The second kappa shape index (κ2) is 9.37. The summed E-state index contributed by atoms with van der Waals surface area (Å²) in [5, 5.41) is 8.98. The summed E-state index contributed by atoms with van der Waals surface area (Å²) in [6.45, 7) is 3.43. The lowest BCUT2D eigenvalue weighted by Gasteiger charge is -2.21. The summed E-state index contributed by atoms with van der Waals surface area (Å²) in [5.41, 5.74) is 3.86. The lowest BCUT2D eigenvalue weighted by atomic mass is 9.92. The third kappa shape index (κ3) is 4.95. The fourth-order valence-electron chi connectivity index (χ4n) is 4.02. The van der Waals surface area contributed by atoms with Gasteiger partial charge >= 0.3 is 0 Å². The van der Waals surface area contributed by atoms with Crippen molar-refractivity contribution in [3.8, 4) is 5.75 Å². The lowest BCUT2D eigenvalue weighted by molar-refractivity contribution is 0.290. The predicted octanol–water partition coefficient (Wildman–Crippen LogP) is 3.80. The van der Waals surface area contributed by atoms with Gasteiger partial charge in [0.05, 0.1) is 17.0 Å². The number of hydrogen-bond acceptors (Lipinski definition) is 6. The molecule has 0 aliphatic carbocycles. The first-order chi connectivity index (χ1) is 14.2. The minimum absolute atomic E-state index is 0.434. The van der Waals surface area contributed by atoms with Crippen LogP contribution in [0, 0.1) is 5.92 Å². The molecule has 29 heavy (non-hydrogen) atoms. The van der Waals surface area contributed by atoms with Gasteiger partial charge in [0.2, 0.25) is 0 Å².